The van der Waals surface area contributed by atoms with Crippen molar-refractivity contribution in [3.63, 3.8) is 0 Å². The highest BCUT2D eigenvalue weighted by atomic mass is 16.4. The van der Waals surface area contributed by atoms with Crippen LogP contribution in [0.3, 0.4) is 0 Å². The molecule has 1 rings (SSSR count). The zero-order valence-corrected chi connectivity index (χ0v) is 11.0. The van der Waals surface area contributed by atoms with Crippen molar-refractivity contribution in [1.82, 2.24) is 5.32 Å². The first-order valence-electron chi connectivity index (χ1n) is 5.91. The molecule has 0 fully saturated rings. The summed E-state index contributed by atoms with van der Waals surface area (Å²) in [7, 11) is 0. The first-order chi connectivity index (χ1) is 8.33. The fourth-order valence-electron chi connectivity index (χ4n) is 1.40. The molecule has 4 heteroatoms. The number of benzene rings is 1. The summed E-state index contributed by atoms with van der Waals surface area (Å²) in [4.78, 5) is 22.6. The second-order valence-corrected chi connectivity index (χ2v) is 5.06. The van der Waals surface area contributed by atoms with Crippen LogP contribution in [0.4, 0.5) is 0 Å². The highest BCUT2D eigenvalue weighted by Crippen LogP contribution is 2.19. The number of hydrogen-bond donors (Lipinski definition) is 2. The van der Waals surface area contributed by atoms with Crippen LogP contribution in [0.2, 0.25) is 0 Å². The average molecular weight is 249 g/mol. The number of carboxylic acids is 1. The topological polar surface area (TPSA) is 66.4 Å². The third kappa shape index (κ3) is 3.87. The molecular formula is C14H19NO3. The van der Waals surface area contributed by atoms with Crippen molar-refractivity contribution in [2.75, 3.05) is 6.54 Å². The van der Waals surface area contributed by atoms with Crippen LogP contribution >= 0.6 is 0 Å². The normalized spacial score (nSPS) is 11.1. The molecule has 18 heavy (non-hydrogen) atoms. The Kier molecular flexibility index (Phi) is 4.48. The first kappa shape index (κ1) is 14.2. The van der Waals surface area contributed by atoms with Crippen molar-refractivity contribution in [2.45, 2.75) is 27.2 Å². The third-order valence-corrected chi connectivity index (χ3v) is 2.93. The number of carbonyl (C=O) groups is 2. The molecule has 98 valence electrons. The lowest BCUT2D eigenvalue weighted by molar-refractivity contribution is -0.147. The van der Waals surface area contributed by atoms with Crippen LogP contribution in [0.15, 0.2) is 24.3 Å². The maximum absolute atomic E-state index is 11.8. The maximum Gasteiger partial charge on any atom is 0.309 e. The third-order valence-electron chi connectivity index (χ3n) is 2.93. The Hall–Kier alpha value is -1.84. The number of aliphatic carboxylic acids is 1. The van der Waals surface area contributed by atoms with Crippen molar-refractivity contribution in [3.8, 4) is 0 Å². The van der Waals surface area contributed by atoms with Gasteiger partial charge in [0.25, 0.3) is 5.91 Å². The van der Waals surface area contributed by atoms with E-state index >= 15 is 0 Å². The summed E-state index contributed by atoms with van der Waals surface area (Å²) in [5.41, 5.74) is 0.868. The van der Waals surface area contributed by atoms with Crippen LogP contribution in [-0.2, 0) is 4.79 Å². The molecule has 0 atom stereocenters. The molecule has 0 aromatic heterocycles. The molecule has 0 aliphatic rings. The summed E-state index contributed by atoms with van der Waals surface area (Å²) < 4.78 is 0. The number of carbonyl (C=O) groups excluding carboxylic acids is 1. The van der Waals surface area contributed by atoms with Crippen LogP contribution in [0.1, 0.15) is 36.2 Å². The molecule has 0 radical (unpaired) electrons. The van der Waals surface area contributed by atoms with E-state index < -0.39 is 11.4 Å². The van der Waals surface area contributed by atoms with Crippen LogP contribution in [0, 0.1) is 12.3 Å². The van der Waals surface area contributed by atoms with Gasteiger partial charge >= 0.3 is 5.97 Å². The maximum atomic E-state index is 11.8. The molecule has 1 aromatic carbocycles. The molecule has 0 aliphatic carbocycles. The minimum Gasteiger partial charge on any atom is -0.481 e. The number of rotatable bonds is 5. The first-order valence-corrected chi connectivity index (χ1v) is 5.91. The van der Waals surface area contributed by atoms with Gasteiger partial charge in [0.1, 0.15) is 0 Å². The van der Waals surface area contributed by atoms with Crippen LogP contribution in [-0.4, -0.2) is 23.5 Å². The Morgan fingerprint density at radius 3 is 2.28 bits per heavy atom. The van der Waals surface area contributed by atoms with E-state index in [0.717, 1.165) is 5.56 Å². The number of amides is 1. The molecule has 0 aliphatic heterocycles. The predicted octanol–water partition coefficient (Wildman–Crippen LogP) is 2.23. The highest BCUT2D eigenvalue weighted by molar-refractivity contribution is 5.94. The summed E-state index contributed by atoms with van der Waals surface area (Å²) in [5.74, 6) is -1.02. The number of hydrogen-bond acceptors (Lipinski definition) is 2. The van der Waals surface area contributed by atoms with Gasteiger partial charge in [-0.05, 0) is 39.3 Å². The number of carboxylic acid groups (broad SMARTS) is 1. The Balaban J connectivity index is 2.47. The van der Waals surface area contributed by atoms with Crippen molar-refractivity contribution < 1.29 is 14.7 Å². The molecular weight excluding hydrogens is 230 g/mol. The van der Waals surface area contributed by atoms with E-state index in [1.807, 2.05) is 19.1 Å². The zero-order chi connectivity index (χ0) is 13.8. The predicted molar refractivity (Wildman–Crippen MR) is 69.5 cm³/mol. The van der Waals surface area contributed by atoms with Gasteiger partial charge in [-0.2, -0.15) is 0 Å². The molecule has 1 amide bonds. The van der Waals surface area contributed by atoms with E-state index in [1.165, 1.54) is 0 Å². The molecule has 0 heterocycles. The molecule has 1 aromatic rings. The molecule has 0 saturated carbocycles. The summed E-state index contributed by atoms with van der Waals surface area (Å²) in [6, 6.07) is 7.26. The lowest BCUT2D eigenvalue weighted by Gasteiger charge is -2.18. The average Bonchev–Trinajstić information content (AvgIpc) is 2.29. The van der Waals surface area contributed by atoms with Gasteiger partial charge in [0.05, 0.1) is 5.41 Å². The summed E-state index contributed by atoms with van der Waals surface area (Å²) in [6.45, 7) is 5.60. The lowest BCUT2D eigenvalue weighted by Crippen LogP contribution is -2.31. The van der Waals surface area contributed by atoms with Gasteiger partial charge in [0, 0.05) is 12.1 Å². The Morgan fingerprint density at radius 2 is 1.78 bits per heavy atom. The molecule has 2 N–H and O–H groups in total. The van der Waals surface area contributed by atoms with E-state index in [-0.39, 0.29) is 5.91 Å². The monoisotopic (exact) mass is 249 g/mol. The largest absolute Gasteiger partial charge is 0.481 e. The second kappa shape index (κ2) is 5.67. The van der Waals surface area contributed by atoms with Crippen LogP contribution in [0.5, 0.6) is 0 Å². The van der Waals surface area contributed by atoms with Crippen molar-refractivity contribution >= 4 is 11.9 Å². The van der Waals surface area contributed by atoms with Gasteiger partial charge in [-0.25, -0.2) is 0 Å². The lowest BCUT2D eigenvalue weighted by atomic mass is 9.90. The SMILES string of the molecule is Cc1ccc(C(=O)NCCC(C)(C)C(=O)O)cc1. The second-order valence-electron chi connectivity index (χ2n) is 5.06. The number of aryl methyl sites for hydroxylation is 1. The highest BCUT2D eigenvalue weighted by Gasteiger charge is 2.26. The quantitative estimate of drug-likeness (QED) is 0.841. The standard InChI is InChI=1S/C14H19NO3/c1-10-4-6-11(7-5-10)12(16)15-9-8-14(2,3)13(17)18/h4-7H,8-9H2,1-3H3,(H,15,16)(H,17,18). The van der Waals surface area contributed by atoms with Crippen molar-refractivity contribution in [2.24, 2.45) is 5.41 Å². The van der Waals surface area contributed by atoms with Gasteiger partial charge in [-0.3, -0.25) is 9.59 Å². The molecule has 0 spiro atoms. The van der Waals surface area contributed by atoms with Gasteiger partial charge < -0.3 is 10.4 Å². The van der Waals surface area contributed by atoms with E-state index in [1.54, 1.807) is 26.0 Å². The van der Waals surface area contributed by atoms with Gasteiger partial charge in [0.15, 0.2) is 0 Å². The van der Waals surface area contributed by atoms with E-state index in [4.69, 9.17) is 5.11 Å². The summed E-state index contributed by atoms with van der Waals surface area (Å²) in [5, 5.41) is 11.7. The Labute approximate surface area is 107 Å². The summed E-state index contributed by atoms with van der Waals surface area (Å²) in [6.07, 6.45) is 0.403. The van der Waals surface area contributed by atoms with E-state index in [2.05, 4.69) is 5.32 Å². The number of nitrogens with one attached hydrogen (secondary N) is 1. The van der Waals surface area contributed by atoms with Crippen LogP contribution < -0.4 is 5.32 Å². The fourth-order valence-corrected chi connectivity index (χ4v) is 1.40. The molecule has 0 saturated heterocycles. The molecule has 4 nitrogen and oxygen atoms in total. The van der Waals surface area contributed by atoms with Gasteiger partial charge in [-0.15, -0.1) is 0 Å². The van der Waals surface area contributed by atoms with Crippen molar-refractivity contribution in [1.29, 1.82) is 0 Å². The van der Waals surface area contributed by atoms with Gasteiger partial charge in [-0.1, -0.05) is 17.7 Å². The Morgan fingerprint density at radius 1 is 1.22 bits per heavy atom. The van der Waals surface area contributed by atoms with E-state index in [9.17, 15) is 9.59 Å². The van der Waals surface area contributed by atoms with Gasteiger partial charge in [0.2, 0.25) is 0 Å². The fraction of sp³-hybridized carbons (Fsp3) is 0.429. The van der Waals surface area contributed by atoms with Crippen LogP contribution in [0.25, 0.3) is 0 Å². The smallest absolute Gasteiger partial charge is 0.309 e. The minimum absolute atomic E-state index is 0.170. The minimum atomic E-state index is -0.855. The zero-order valence-electron chi connectivity index (χ0n) is 11.0. The van der Waals surface area contributed by atoms with E-state index in [0.29, 0.717) is 18.5 Å². The summed E-state index contributed by atoms with van der Waals surface area (Å²) >= 11 is 0. The molecule has 0 unspecified atom stereocenters. The Bertz CT molecular complexity index is 435. The molecule has 0 bridgehead atoms. The van der Waals surface area contributed by atoms with Crippen molar-refractivity contribution in [3.05, 3.63) is 35.4 Å².